The van der Waals surface area contributed by atoms with Gasteiger partial charge in [0, 0.05) is 18.2 Å². The Morgan fingerprint density at radius 1 is 1.25 bits per heavy atom. The Kier molecular flexibility index (Phi) is 6.06. The van der Waals surface area contributed by atoms with Crippen molar-refractivity contribution in [2.24, 2.45) is 0 Å². The molecule has 1 aliphatic rings. The summed E-state index contributed by atoms with van der Waals surface area (Å²) < 4.78 is 13.2. The van der Waals surface area contributed by atoms with E-state index < -0.39 is 0 Å². The van der Waals surface area contributed by atoms with Crippen LogP contribution in [0.1, 0.15) is 12.8 Å². The van der Waals surface area contributed by atoms with Crippen LogP contribution >= 0.6 is 23.1 Å². The van der Waals surface area contributed by atoms with E-state index in [2.05, 4.69) is 15.2 Å². The summed E-state index contributed by atoms with van der Waals surface area (Å²) in [6.45, 7) is 1.35. The molecule has 0 unspecified atom stereocenters. The van der Waals surface area contributed by atoms with E-state index in [0.29, 0.717) is 29.0 Å². The highest BCUT2D eigenvalue weighted by atomic mass is 32.2. The highest BCUT2D eigenvalue weighted by Crippen LogP contribution is 2.40. The number of fused-ring (bicyclic) bond motifs is 1. The Morgan fingerprint density at radius 2 is 2.12 bits per heavy atom. The summed E-state index contributed by atoms with van der Waals surface area (Å²) in [6, 6.07) is 12.8. The zero-order valence-corrected chi connectivity index (χ0v) is 18.8. The molecule has 1 atom stereocenters. The van der Waals surface area contributed by atoms with Crippen molar-refractivity contribution in [3.05, 3.63) is 48.7 Å². The standard InChI is InChI=1S/C22H21N5O3S2/c23-18-16-9-4-10-24-21(16)32-19(18)20-25-26-22(27(20)12-15-8-5-11-29-15)31-13-17(28)30-14-6-2-1-3-7-14/h1-4,6-7,9-10,15H,5,8,11-13,23H2/t15-/m0/s1. The highest BCUT2D eigenvalue weighted by molar-refractivity contribution is 7.99. The number of pyridine rings is 1. The quantitative estimate of drug-likeness (QED) is 0.247. The first kappa shape index (κ1) is 20.9. The molecule has 0 bridgehead atoms. The van der Waals surface area contributed by atoms with Crippen LogP contribution in [0.3, 0.4) is 0 Å². The van der Waals surface area contributed by atoms with Crippen molar-refractivity contribution < 1.29 is 14.3 Å². The summed E-state index contributed by atoms with van der Waals surface area (Å²) in [5, 5.41) is 10.3. The SMILES string of the molecule is Nc1c(-c2nnc(SCC(=O)Oc3ccccc3)n2C[C@@H]2CCCO2)sc2ncccc12. The van der Waals surface area contributed by atoms with Crippen molar-refractivity contribution in [2.45, 2.75) is 30.6 Å². The van der Waals surface area contributed by atoms with Crippen LogP contribution in [-0.4, -0.2) is 44.2 Å². The van der Waals surface area contributed by atoms with E-state index in [4.69, 9.17) is 15.2 Å². The van der Waals surface area contributed by atoms with Crippen LogP contribution in [0.15, 0.2) is 53.8 Å². The Bertz CT molecular complexity index is 1240. The predicted octanol–water partition coefficient (Wildman–Crippen LogP) is 4.01. The van der Waals surface area contributed by atoms with Crippen molar-refractivity contribution >= 4 is 45.0 Å². The van der Waals surface area contributed by atoms with E-state index >= 15 is 0 Å². The van der Waals surface area contributed by atoms with Gasteiger partial charge in [0.05, 0.1) is 29.0 Å². The van der Waals surface area contributed by atoms with Gasteiger partial charge >= 0.3 is 5.97 Å². The molecule has 10 heteroatoms. The van der Waals surface area contributed by atoms with Gasteiger partial charge in [0.25, 0.3) is 0 Å². The molecule has 4 heterocycles. The summed E-state index contributed by atoms with van der Waals surface area (Å²) >= 11 is 2.78. The maximum absolute atomic E-state index is 12.3. The number of rotatable bonds is 7. The Balaban J connectivity index is 1.41. The molecule has 0 aliphatic carbocycles. The average molecular weight is 468 g/mol. The van der Waals surface area contributed by atoms with E-state index in [9.17, 15) is 4.79 Å². The molecule has 0 radical (unpaired) electrons. The average Bonchev–Trinajstić information content (AvgIpc) is 3.54. The number of carbonyl (C=O) groups is 1. The number of nitrogens with zero attached hydrogens (tertiary/aromatic N) is 4. The smallest absolute Gasteiger partial charge is 0.321 e. The Hall–Kier alpha value is -2.95. The summed E-state index contributed by atoms with van der Waals surface area (Å²) in [5.41, 5.74) is 7.08. The monoisotopic (exact) mass is 467 g/mol. The molecule has 2 N–H and O–H groups in total. The molecule has 0 spiro atoms. The number of nitrogen functional groups attached to an aromatic ring is 1. The molecule has 1 fully saturated rings. The zero-order chi connectivity index (χ0) is 21.9. The highest BCUT2D eigenvalue weighted by Gasteiger charge is 2.25. The van der Waals surface area contributed by atoms with E-state index in [1.165, 1.54) is 23.1 Å². The van der Waals surface area contributed by atoms with Crippen molar-refractivity contribution in [3.63, 3.8) is 0 Å². The molecule has 1 aliphatic heterocycles. The molecule has 0 amide bonds. The van der Waals surface area contributed by atoms with Crippen LogP contribution in [0.25, 0.3) is 20.9 Å². The van der Waals surface area contributed by atoms with Crippen molar-refractivity contribution in [2.75, 3.05) is 18.1 Å². The molecule has 5 rings (SSSR count). The second kappa shape index (κ2) is 9.27. The van der Waals surface area contributed by atoms with Gasteiger partial charge in [0.1, 0.15) is 10.6 Å². The van der Waals surface area contributed by atoms with Crippen LogP contribution in [0.5, 0.6) is 5.75 Å². The second-order valence-electron chi connectivity index (χ2n) is 7.33. The van der Waals surface area contributed by atoms with E-state index in [1.54, 1.807) is 18.3 Å². The molecule has 32 heavy (non-hydrogen) atoms. The number of esters is 1. The third-order valence-corrected chi connectivity index (χ3v) is 7.19. The molecule has 8 nitrogen and oxygen atoms in total. The van der Waals surface area contributed by atoms with Crippen LogP contribution in [-0.2, 0) is 16.1 Å². The van der Waals surface area contributed by atoms with Gasteiger partial charge in [-0.1, -0.05) is 30.0 Å². The summed E-state index contributed by atoms with van der Waals surface area (Å²) in [6.07, 6.45) is 3.83. The van der Waals surface area contributed by atoms with E-state index in [0.717, 1.165) is 34.5 Å². The molecule has 4 aromatic rings. The number of benzene rings is 1. The molecule has 1 saturated heterocycles. The first-order valence-corrected chi connectivity index (χ1v) is 12.1. The molecule has 3 aromatic heterocycles. The van der Waals surface area contributed by atoms with Crippen LogP contribution in [0, 0.1) is 0 Å². The first-order valence-electron chi connectivity index (χ1n) is 10.3. The minimum atomic E-state index is -0.347. The normalized spacial score (nSPS) is 15.9. The summed E-state index contributed by atoms with van der Waals surface area (Å²) in [4.78, 5) is 18.4. The summed E-state index contributed by atoms with van der Waals surface area (Å²) in [5.74, 6) is 0.951. The van der Waals surface area contributed by atoms with Gasteiger partial charge in [-0.15, -0.1) is 21.5 Å². The number of anilines is 1. The molecule has 164 valence electrons. The first-order chi connectivity index (χ1) is 15.7. The number of thioether (sulfide) groups is 1. The summed E-state index contributed by atoms with van der Waals surface area (Å²) in [7, 11) is 0. The number of aromatic nitrogens is 4. The molecular formula is C22H21N5O3S2. The largest absolute Gasteiger partial charge is 0.426 e. The van der Waals surface area contributed by atoms with Gasteiger partial charge in [0.2, 0.25) is 0 Å². The second-order valence-corrected chi connectivity index (χ2v) is 9.27. The fourth-order valence-electron chi connectivity index (χ4n) is 3.61. The Morgan fingerprint density at radius 3 is 2.91 bits per heavy atom. The number of hydrogen-bond donors (Lipinski definition) is 1. The zero-order valence-electron chi connectivity index (χ0n) is 17.1. The molecule has 0 saturated carbocycles. The van der Waals surface area contributed by atoms with Crippen molar-refractivity contribution in [3.8, 4) is 16.5 Å². The Labute approximate surface area is 192 Å². The third kappa shape index (κ3) is 4.34. The van der Waals surface area contributed by atoms with Gasteiger partial charge in [-0.05, 0) is 37.1 Å². The van der Waals surface area contributed by atoms with Crippen molar-refractivity contribution in [1.29, 1.82) is 0 Å². The lowest BCUT2D eigenvalue weighted by atomic mass is 10.2. The molecular weight excluding hydrogens is 446 g/mol. The predicted molar refractivity (Wildman–Crippen MR) is 125 cm³/mol. The number of nitrogens with two attached hydrogens (primary N) is 1. The van der Waals surface area contributed by atoms with Crippen LogP contribution < -0.4 is 10.5 Å². The van der Waals surface area contributed by atoms with Crippen LogP contribution in [0.2, 0.25) is 0 Å². The topological polar surface area (TPSA) is 105 Å². The van der Waals surface area contributed by atoms with E-state index in [1.807, 2.05) is 34.9 Å². The number of hydrogen-bond acceptors (Lipinski definition) is 9. The third-order valence-electron chi connectivity index (χ3n) is 5.13. The lowest BCUT2D eigenvalue weighted by molar-refractivity contribution is -0.131. The minimum Gasteiger partial charge on any atom is -0.426 e. The fourth-order valence-corrected chi connectivity index (χ4v) is 5.39. The lowest BCUT2D eigenvalue weighted by Crippen LogP contribution is -2.17. The minimum absolute atomic E-state index is 0.0779. The van der Waals surface area contributed by atoms with Gasteiger partial charge in [-0.2, -0.15) is 0 Å². The fraction of sp³-hybridized carbons (Fsp3) is 0.273. The number of para-hydroxylation sites is 1. The number of ether oxygens (including phenoxy) is 2. The maximum atomic E-state index is 12.3. The molecule has 1 aromatic carbocycles. The van der Waals surface area contributed by atoms with Gasteiger partial charge in [0.15, 0.2) is 11.0 Å². The number of carbonyl (C=O) groups excluding carboxylic acids is 1. The number of thiophene rings is 1. The lowest BCUT2D eigenvalue weighted by Gasteiger charge is -2.14. The van der Waals surface area contributed by atoms with Gasteiger partial charge < -0.3 is 15.2 Å². The maximum Gasteiger partial charge on any atom is 0.321 e. The van der Waals surface area contributed by atoms with Crippen molar-refractivity contribution in [1.82, 2.24) is 19.7 Å². The van der Waals surface area contributed by atoms with Gasteiger partial charge in [-0.25, -0.2) is 4.98 Å². The van der Waals surface area contributed by atoms with Crippen LogP contribution in [0.4, 0.5) is 5.69 Å². The van der Waals surface area contributed by atoms with E-state index in [-0.39, 0.29) is 17.8 Å². The van der Waals surface area contributed by atoms with Gasteiger partial charge in [-0.3, -0.25) is 9.36 Å².